The lowest BCUT2D eigenvalue weighted by molar-refractivity contribution is 0.581. The van der Waals surface area contributed by atoms with Crippen molar-refractivity contribution in [1.29, 1.82) is 0 Å². The van der Waals surface area contributed by atoms with E-state index < -0.39 is 10.0 Å². The lowest BCUT2D eigenvalue weighted by Gasteiger charge is -2.09. The first-order valence-electron chi connectivity index (χ1n) is 5.89. The zero-order chi connectivity index (χ0) is 14.8. The van der Waals surface area contributed by atoms with Crippen LogP contribution in [0.5, 0.6) is 0 Å². The average Bonchev–Trinajstić information content (AvgIpc) is 2.40. The highest BCUT2D eigenvalue weighted by atomic mass is 35.5. The third kappa shape index (κ3) is 3.52. The first-order valence-corrected chi connectivity index (χ1v) is 8.13. The van der Waals surface area contributed by atoms with Crippen LogP contribution in [0.15, 0.2) is 47.4 Å². The predicted octanol–water partition coefficient (Wildman–Crippen LogP) is 3.78. The van der Waals surface area contributed by atoms with E-state index >= 15 is 0 Å². The number of sulfonamides is 1. The van der Waals surface area contributed by atoms with Gasteiger partial charge >= 0.3 is 0 Å². The van der Waals surface area contributed by atoms with E-state index in [2.05, 4.69) is 4.72 Å². The van der Waals surface area contributed by atoms with Crippen LogP contribution in [0.2, 0.25) is 10.0 Å². The molecule has 1 N–H and O–H groups in total. The first kappa shape index (κ1) is 15.3. The molecule has 0 fully saturated rings. The molecule has 0 aliphatic heterocycles. The van der Waals surface area contributed by atoms with Gasteiger partial charge in [-0.15, -0.1) is 0 Å². The van der Waals surface area contributed by atoms with Gasteiger partial charge < -0.3 is 0 Å². The van der Waals surface area contributed by atoms with Gasteiger partial charge in [-0.2, -0.15) is 0 Å². The molecule has 0 radical (unpaired) electrons. The minimum absolute atomic E-state index is 0.0693. The maximum Gasteiger partial charge on any atom is 0.242 e. The Bertz CT molecular complexity index is 730. The van der Waals surface area contributed by atoms with Gasteiger partial charge in [-0.25, -0.2) is 13.1 Å². The SMILES string of the molecule is Cc1ccc(CNS(=O)(=O)c2ccccc2Cl)cc1Cl. The van der Waals surface area contributed by atoms with Crippen molar-refractivity contribution in [2.24, 2.45) is 0 Å². The summed E-state index contributed by atoms with van der Waals surface area (Å²) >= 11 is 11.9. The monoisotopic (exact) mass is 329 g/mol. The van der Waals surface area contributed by atoms with E-state index in [1.54, 1.807) is 24.3 Å². The van der Waals surface area contributed by atoms with Crippen LogP contribution in [-0.2, 0) is 16.6 Å². The maximum absolute atomic E-state index is 12.1. The standard InChI is InChI=1S/C14H13Cl2NO2S/c1-10-6-7-11(8-13(10)16)9-17-20(18,19)14-5-3-2-4-12(14)15/h2-8,17H,9H2,1H3. The van der Waals surface area contributed by atoms with Crippen molar-refractivity contribution in [2.75, 3.05) is 0 Å². The van der Waals surface area contributed by atoms with Gasteiger partial charge in [-0.1, -0.05) is 47.5 Å². The van der Waals surface area contributed by atoms with Gasteiger partial charge in [0.2, 0.25) is 10.0 Å². The summed E-state index contributed by atoms with van der Waals surface area (Å²) in [4.78, 5) is 0.0693. The van der Waals surface area contributed by atoms with Gasteiger partial charge in [0.15, 0.2) is 0 Å². The fourth-order valence-corrected chi connectivity index (χ4v) is 3.40. The van der Waals surface area contributed by atoms with Crippen LogP contribution in [0.3, 0.4) is 0 Å². The number of rotatable bonds is 4. The summed E-state index contributed by atoms with van der Waals surface area (Å²) in [6.07, 6.45) is 0. The van der Waals surface area contributed by atoms with Crippen molar-refractivity contribution >= 4 is 33.2 Å². The second-order valence-electron chi connectivity index (χ2n) is 4.34. The number of hydrogen-bond donors (Lipinski definition) is 1. The molecule has 0 amide bonds. The molecule has 0 aliphatic rings. The molecule has 0 bridgehead atoms. The van der Waals surface area contributed by atoms with Crippen molar-refractivity contribution in [3.05, 3.63) is 63.6 Å². The lowest BCUT2D eigenvalue weighted by atomic mass is 10.1. The molecule has 0 aliphatic carbocycles. The molecule has 2 rings (SSSR count). The summed E-state index contributed by atoms with van der Waals surface area (Å²) in [5.74, 6) is 0. The summed E-state index contributed by atoms with van der Waals surface area (Å²) in [6, 6.07) is 11.7. The minimum Gasteiger partial charge on any atom is -0.207 e. The first-order chi connectivity index (χ1) is 9.40. The predicted molar refractivity (Wildman–Crippen MR) is 81.7 cm³/mol. The Morgan fingerprint density at radius 2 is 1.75 bits per heavy atom. The van der Waals surface area contributed by atoms with Gasteiger partial charge in [-0.3, -0.25) is 0 Å². The highest BCUT2D eigenvalue weighted by Gasteiger charge is 2.16. The van der Waals surface area contributed by atoms with Crippen molar-refractivity contribution < 1.29 is 8.42 Å². The molecule has 0 spiro atoms. The van der Waals surface area contributed by atoms with Gasteiger partial charge in [0.1, 0.15) is 4.90 Å². The zero-order valence-corrected chi connectivity index (χ0v) is 13.1. The number of benzene rings is 2. The van der Waals surface area contributed by atoms with E-state index in [1.165, 1.54) is 6.07 Å². The lowest BCUT2D eigenvalue weighted by Crippen LogP contribution is -2.23. The van der Waals surface area contributed by atoms with Crippen LogP contribution < -0.4 is 4.72 Å². The van der Waals surface area contributed by atoms with Gasteiger partial charge in [0.25, 0.3) is 0 Å². The van der Waals surface area contributed by atoms with Gasteiger partial charge in [0.05, 0.1) is 5.02 Å². The topological polar surface area (TPSA) is 46.2 Å². The Morgan fingerprint density at radius 1 is 1.05 bits per heavy atom. The van der Waals surface area contributed by atoms with Gasteiger partial charge in [-0.05, 0) is 36.2 Å². The summed E-state index contributed by atoms with van der Waals surface area (Å²) in [7, 11) is -3.64. The Hall–Kier alpha value is -1.07. The molecule has 0 saturated heterocycles. The molecular weight excluding hydrogens is 317 g/mol. The fourth-order valence-electron chi connectivity index (χ4n) is 1.67. The van der Waals surface area contributed by atoms with Crippen molar-refractivity contribution in [1.82, 2.24) is 4.72 Å². The molecular formula is C14H13Cl2NO2S. The zero-order valence-electron chi connectivity index (χ0n) is 10.7. The molecule has 2 aromatic carbocycles. The third-order valence-corrected chi connectivity index (χ3v) is 5.14. The third-order valence-electron chi connectivity index (χ3n) is 2.83. The molecule has 0 heterocycles. The van der Waals surface area contributed by atoms with Gasteiger partial charge in [0, 0.05) is 11.6 Å². The van der Waals surface area contributed by atoms with Crippen LogP contribution in [-0.4, -0.2) is 8.42 Å². The van der Waals surface area contributed by atoms with E-state index in [-0.39, 0.29) is 16.5 Å². The summed E-state index contributed by atoms with van der Waals surface area (Å²) < 4.78 is 26.8. The molecule has 2 aromatic rings. The van der Waals surface area contributed by atoms with Crippen LogP contribution in [0, 0.1) is 6.92 Å². The van der Waals surface area contributed by atoms with E-state index in [0.717, 1.165) is 11.1 Å². The molecule has 6 heteroatoms. The smallest absolute Gasteiger partial charge is 0.207 e. The second kappa shape index (κ2) is 6.14. The van der Waals surface area contributed by atoms with Crippen molar-refractivity contribution in [2.45, 2.75) is 18.4 Å². The summed E-state index contributed by atoms with van der Waals surface area (Å²) in [5.41, 5.74) is 1.74. The van der Waals surface area contributed by atoms with E-state index in [0.29, 0.717) is 5.02 Å². The molecule has 106 valence electrons. The van der Waals surface area contributed by atoms with Crippen LogP contribution in [0.4, 0.5) is 0 Å². The number of hydrogen-bond acceptors (Lipinski definition) is 2. The van der Waals surface area contributed by atoms with Crippen LogP contribution >= 0.6 is 23.2 Å². The number of halogens is 2. The Balaban J connectivity index is 2.17. The Labute approximate surface area is 128 Å². The van der Waals surface area contributed by atoms with Crippen molar-refractivity contribution in [3.8, 4) is 0 Å². The molecule has 0 unspecified atom stereocenters. The molecule has 20 heavy (non-hydrogen) atoms. The molecule has 0 atom stereocenters. The maximum atomic E-state index is 12.1. The average molecular weight is 330 g/mol. The minimum atomic E-state index is -3.64. The van der Waals surface area contributed by atoms with Crippen LogP contribution in [0.1, 0.15) is 11.1 Å². The fraction of sp³-hybridized carbons (Fsp3) is 0.143. The summed E-state index contributed by atoms with van der Waals surface area (Å²) in [5, 5.41) is 0.807. The van der Waals surface area contributed by atoms with E-state index in [4.69, 9.17) is 23.2 Å². The largest absolute Gasteiger partial charge is 0.242 e. The Kier molecular flexibility index (Phi) is 4.70. The van der Waals surface area contributed by atoms with Crippen molar-refractivity contribution in [3.63, 3.8) is 0 Å². The quantitative estimate of drug-likeness (QED) is 0.927. The van der Waals surface area contributed by atoms with Crippen LogP contribution in [0.25, 0.3) is 0 Å². The molecule has 3 nitrogen and oxygen atoms in total. The molecule has 0 aromatic heterocycles. The second-order valence-corrected chi connectivity index (χ2v) is 6.89. The number of nitrogens with one attached hydrogen (secondary N) is 1. The highest BCUT2D eigenvalue weighted by molar-refractivity contribution is 7.89. The van der Waals surface area contributed by atoms with E-state index in [9.17, 15) is 8.42 Å². The summed E-state index contributed by atoms with van der Waals surface area (Å²) in [6.45, 7) is 2.05. The number of aryl methyl sites for hydroxylation is 1. The Morgan fingerprint density at radius 3 is 2.40 bits per heavy atom. The normalized spacial score (nSPS) is 11.6. The highest BCUT2D eigenvalue weighted by Crippen LogP contribution is 2.21. The molecule has 0 saturated carbocycles. The van der Waals surface area contributed by atoms with E-state index in [1.807, 2.05) is 19.1 Å².